The van der Waals surface area contributed by atoms with Crippen molar-refractivity contribution < 1.29 is 4.79 Å². The molecular weight excluding hydrogens is 471 g/mol. The first-order valence-electron chi connectivity index (χ1n) is 10.6. The third-order valence-corrected chi connectivity index (χ3v) is 5.96. The van der Waals surface area contributed by atoms with Gasteiger partial charge in [0.25, 0.3) is 5.91 Å². The summed E-state index contributed by atoms with van der Waals surface area (Å²) in [5.74, 6) is -0.231. The van der Waals surface area contributed by atoms with Crippen LogP contribution in [0.4, 0.5) is 5.69 Å². The van der Waals surface area contributed by atoms with Crippen LogP contribution in [0, 0.1) is 6.92 Å². The van der Waals surface area contributed by atoms with E-state index in [9.17, 15) is 4.79 Å². The van der Waals surface area contributed by atoms with Crippen LogP contribution in [0.1, 0.15) is 21.6 Å². The highest BCUT2D eigenvalue weighted by Gasteiger charge is 2.19. The molecular formula is C25H20Cl2N6O. The molecule has 0 fully saturated rings. The lowest BCUT2D eigenvalue weighted by Gasteiger charge is -2.10. The van der Waals surface area contributed by atoms with Crippen LogP contribution in [-0.4, -0.2) is 30.5 Å². The average Bonchev–Trinajstić information content (AvgIpc) is 3.36. The predicted molar refractivity (Wildman–Crippen MR) is 134 cm³/mol. The smallest absolute Gasteiger partial charge is 0.256 e. The number of nitrogens with zero attached hydrogens (tertiary/aromatic N) is 5. The molecule has 0 atom stereocenters. The third kappa shape index (κ3) is 4.40. The molecule has 0 radical (unpaired) electrons. The van der Waals surface area contributed by atoms with Gasteiger partial charge in [-0.05, 0) is 42.8 Å². The van der Waals surface area contributed by atoms with Crippen LogP contribution in [0.3, 0.4) is 0 Å². The molecule has 7 nitrogen and oxygen atoms in total. The van der Waals surface area contributed by atoms with Gasteiger partial charge in [-0.15, -0.1) is 0 Å². The molecule has 3 aromatic heterocycles. The van der Waals surface area contributed by atoms with Gasteiger partial charge in [0.15, 0.2) is 5.65 Å². The molecule has 5 aromatic rings. The molecule has 0 aliphatic rings. The number of benzene rings is 2. The zero-order valence-electron chi connectivity index (χ0n) is 18.5. The number of aryl methyl sites for hydroxylation is 2. The molecule has 0 aliphatic heterocycles. The number of nitrogens with one attached hydrogen (secondary N) is 1. The maximum Gasteiger partial charge on any atom is 0.256 e. The van der Waals surface area contributed by atoms with Crippen LogP contribution in [0.15, 0.2) is 67.0 Å². The van der Waals surface area contributed by atoms with Gasteiger partial charge in [0.05, 0.1) is 40.1 Å². The minimum Gasteiger partial charge on any atom is -0.322 e. The van der Waals surface area contributed by atoms with Crippen LogP contribution in [0.25, 0.3) is 22.3 Å². The minimum absolute atomic E-state index is 0.231. The van der Waals surface area contributed by atoms with E-state index < -0.39 is 0 Å². The third-order valence-electron chi connectivity index (χ3n) is 5.51. The molecule has 0 spiro atoms. The molecule has 0 bridgehead atoms. The van der Waals surface area contributed by atoms with Crippen LogP contribution < -0.4 is 5.32 Å². The summed E-state index contributed by atoms with van der Waals surface area (Å²) in [7, 11) is 1.82. The molecule has 0 saturated heterocycles. The molecule has 34 heavy (non-hydrogen) atoms. The lowest BCUT2D eigenvalue weighted by molar-refractivity contribution is 0.102. The second-order valence-electron chi connectivity index (χ2n) is 7.98. The number of hydrogen-bond acceptors (Lipinski definition) is 4. The molecule has 5 rings (SSSR count). The van der Waals surface area contributed by atoms with Crippen molar-refractivity contribution in [3.8, 4) is 11.3 Å². The summed E-state index contributed by atoms with van der Waals surface area (Å²) >= 11 is 12.0. The summed E-state index contributed by atoms with van der Waals surface area (Å²) in [5, 5.41) is 13.6. The van der Waals surface area contributed by atoms with Gasteiger partial charge in [-0.1, -0.05) is 47.5 Å². The number of pyridine rings is 1. The van der Waals surface area contributed by atoms with Gasteiger partial charge in [0, 0.05) is 29.5 Å². The van der Waals surface area contributed by atoms with E-state index >= 15 is 0 Å². The Balaban J connectivity index is 1.45. The van der Waals surface area contributed by atoms with Crippen LogP contribution in [-0.2, 0) is 13.6 Å². The van der Waals surface area contributed by atoms with Gasteiger partial charge < -0.3 is 5.32 Å². The van der Waals surface area contributed by atoms with E-state index in [4.69, 9.17) is 28.2 Å². The number of halogens is 2. The Kier molecular flexibility index (Phi) is 5.81. The fourth-order valence-corrected chi connectivity index (χ4v) is 4.18. The van der Waals surface area contributed by atoms with Crippen molar-refractivity contribution in [1.29, 1.82) is 0 Å². The topological polar surface area (TPSA) is 77.6 Å². The number of rotatable bonds is 5. The molecule has 9 heteroatoms. The molecule has 170 valence electrons. The van der Waals surface area contributed by atoms with Gasteiger partial charge in [-0.25, -0.2) is 4.98 Å². The molecule has 0 saturated carbocycles. The Labute approximate surface area is 205 Å². The monoisotopic (exact) mass is 490 g/mol. The van der Waals surface area contributed by atoms with Gasteiger partial charge in [-0.2, -0.15) is 10.2 Å². The largest absolute Gasteiger partial charge is 0.322 e. The maximum atomic E-state index is 13.4. The van der Waals surface area contributed by atoms with Gasteiger partial charge in [0.2, 0.25) is 0 Å². The zero-order chi connectivity index (χ0) is 23.8. The van der Waals surface area contributed by atoms with E-state index in [0.29, 0.717) is 39.2 Å². The summed E-state index contributed by atoms with van der Waals surface area (Å²) in [6.45, 7) is 2.46. The SMILES string of the molecule is Cc1nn(C)c2nc(-c3ccc(Cl)cc3)cc(C(=O)Nc3ccc(Cn4cc(Cl)cn4)cc3)c12. The quantitative estimate of drug-likeness (QED) is 0.340. The second kappa shape index (κ2) is 8.93. The van der Waals surface area contributed by atoms with Crippen molar-refractivity contribution >= 4 is 45.8 Å². The molecule has 0 unspecified atom stereocenters. The molecule has 2 aromatic carbocycles. The number of aromatic nitrogens is 5. The second-order valence-corrected chi connectivity index (χ2v) is 8.85. The first kappa shape index (κ1) is 22.1. The summed E-state index contributed by atoms with van der Waals surface area (Å²) < 4.78 is 3.45. The van der Waals surface area contributed by atoms with Crippen molar-refractivity contribution in [2.45, 2.75) is 13.5 Å². The lowest BCUT2D eigenvalue weighted by Crippen LogP contribution is -2.13. The van der Waals surface area contributed by atoms with Gasteiger partial charge in [-0.3, -0.25) is 14.2 Å². The highest BCUT2D eigenvalue weighted by atomic mass is 35.5. The fraction of sp³-hybridized carbons (Fsp3) is 0.120. The van der Waals surface area contributed by atoms with E-state index in [1.54, 1.807) is 40.0 Å². The van der Waals surface area contributed by atoms with Gasteiger partial charge >= 0.3 is 0 Å². The Morgan fingerprint density at radius 2 is 1.76 bits per heavy atom. The molecule has 1 amide bonds. The standard InChI is InChI=1S/C25H20Cl2N6O/c1-15-23-21(11-22(30-24(23)32(2)31-15)17-5-7-18(26)8-6-17)25(34)29-20-9-3-16(4-10-20)13-33-14-19(27)12-28-33/h3-12,14H,13H2,1-2H3,(H,29,34). The summed E-state index contributed by atoms with van der Waals surface area (Å²) in [4.78, 5) is 18.1. The van der Waals surface area contributed by atoms with Crippen LogP contribution >= 0.6 is 23.2 Å². The number of carbonyl (C=O) groups excluding carboxylic acids is 1. The van der Waals surface area contributed by atoms with Crippen molar-refractivity contribution in [3.05, 3.63) is 93.9 Å². The van der Waals surface area contributed by atoms with Crippen LogP contribution in [0.2, 0.25) is 10.0 Å². The first-order valence-corrected chi connectivity index (χ1v) is 11.3. The number of anilines is 1. The molecule has 1 N–H and O–H groups in total. The van der Waals surface area contributed by atoms with E-state index in [1.807, 2.05) is 50.4 Å². The Morgan fingerprint density at radius 1 is 1.03 bits per heavy atom. The highest BCUT2D eigenvalue weighted by molar-refractivity contribution is 6.30. The summed E-state index contributed by atoms with van der Waals surface area (Å²) in [5.41, 5.74) is 5.15. The number of hydrogen-bond donors (Lipinski definition) is 1. The van der Waals surface area contributed by atoms with Crippen molar-refractivity contribution in [2.75, 3.05) is 5.32 Å². The number of fused-ring (bicyclic) bond motifs is 1. The van der Waals surface area contributed by atoms with E-state index in [0.717, 1.165) is 22.2 Å². The van der Waals surface area contributed by atoms with Crippen molar-refractivity contribution in [1.82, 2.24) is 24.5 Å². The zero-order valence-corrected chi connectivity index (χ0v) is 20.0. The highest BCUT2D eigenvalue weighted by Crippen LogP contribution is 2.28. The number of amides is 1. The average molecular weight is 491 g/mol. The van der Waals surface area contributed by atoms with Crippen molar-refractivity contribution in [3.63, 3.8) is 0 Å². The van der Waals surface area contributed by atoms with Crippen molar-refractivity contribution in [2.24, 2.45) is 7.05 Å². The van der Waals surface area contributed by atoms with Crippen LogP contribution in [0.5, 0.6) is 0 Å². The van der Waals surface area contributed by atoms with E-state index in [2.05, 4.69) is 15.5 Å². The summed E-state index contributed by atoms with van der Waals surface area (Å²) in [6.07, 6.45) is 3.37. The summed E-state index contributed by atoms with van der Waals surface area (Å²) in [6, 6.07) is 16.8. The Bertz CT molecular complexity index is 1500. The molecule has 0 aliphatic carbocycles. The molecule has 3 heterocycles. The lowest BCUT2D eigenvalue weighted by atomic mass is 10.0. The van der Waals surface area contributed by atoms with E-state index in [-0.39, 0.29) is 5.91 Å². The van der Waals surface area contributed by atoms with Gasteiger partial charge in [0.1, 0.15) is 0 Å². The Morgan fingerprint density at radius 3 is 2.44 bits per heavy atom. The predicted octanol–water partition coefficient (Wildman–Crippen LogP) is 5.75. The maximum absolute atomic E-state index is 13.4. The first-order chi connectivity index (χ1) is 16.4. The Hall–Kier alpha value is -3.68. The minimum atomic E-state index is -0.231. The normalized spacial score (nSPS) is 11.2. The van der Waals surface area contributed by atoms with E-state index in [1.165, 1.54) is 0 Å². The fourth-order valence-electron chi connectivity index (χ4n) is 3.90. The number of carbonyl (C=O) groups is 1.